The average molecular weight is 415 g/mol. The van der Waals surface area contributed by atoms with Crippen LogP contribution in [0.15, 0.2) is 36.4 Å². The second-order valence-corrected chi connectivity index (χ2v) is 9.06. The number of thiophene rings is 1. The van der Waals surface area contributed by atoms with Crippen molar-refractivity contribution < 1.29 is 14.7 Å². The number of amides is 3. The third-order valence-electron chi connectivity index (χ3n) is 5.40. The van der Waals surface area contributed by atoms with Crippen LogP contribution in [0.4, 0.5) is 10.5 Å². The second kappa shape index (κ2) is 10.0. The van der Waals surface area contributed by atoms with Crippen molar-refractivity contribution in [1.82, 2.24) is 5.32 Å². The molecule has 29 heavy (non-hydrogen) atoms. The summed E-state index contributed by atoms with van der Waals surface area (Å²) in [5.41, 5.74) is 1.54. The number of imide groups is 1. The van der Waals surface area contributed by atoms with Gasteiger partial charge < -0.3 is 5.11 Å². The summed E-state index contributed by atoms with van der Waals surface area (Å²) in [7, 11) is 0. The Morgan fingerprint density at radius 2 is 1.86 bits per heavy atom. The Balaban J connectivity index is 1.63. The quantitative estimate of drug-likeness (QED) is 0.419. The van der Waals surface area contributed by atoms with Crippen molar-refractivity contribution in [2.45, 2.75) is 70.9 Å². The summed E-state index contributed by atoms with van der Waals surface area (Å²) in [6, 6.07) is 10.7. The summed E-state index contributed by atoms with van der Waals surface area (Å²) in [6.45, 7) is 4.23. The third kappa shape index (κ3) is 5.46. The largest absolute Gasteiger partial charge is 0.388 e. The minimum Gasteiger partial charge on any atom is -0.388 e. The Hall–Kier alpha value is -2.18. The van der Waals surface area contributed by atoms with Gasteiger partial charge in [0.25, 0.3) is 5.91 Å². The van der Waals surface area contributed by atoms with Crippen molar-refractivity contribution in [1.29, 1.82) is 0 Å². The van der Waals surface area contributed by atoms with Gasteiger partial charge in [0.05, 0.1) is 6.10 Å². The maximum Gasteiger partial charge on any atom is 0.329 e. The van der Waals surface area contributed by atoms with Gasteiger partial charge in [0.2, 0.25) is 0 Å². The number of anilines is 1. The Labute approximate surface area is 176 Å². The van der Waals surface area contributed by atoms with Gasteiger partial charge in [-0.3, -0.25) is 15.0 Å². The number of hydrogen-bond acceptors (Lipinski definition) is 4. The molecule has 3 amide bonds. The number of aliphatic hydroxyl groups is 1. The van der Waals surface area contributed by atoms with E-state index in [0.29, 0.717) is 12.1 Å². The number of aliphatic hydroxyl groups excluding tert-OH is 1. The smallest absolute Gasteiger partial charge is 0.329 e. The molecule has 2 unspecified atom stereocenters. The molecule has 3 rings (SSSR count). The van der Waals surface area contributed by atoms with Gasteiger partial charge in [-0.25, -0.2) is 4.79 Å². The van der Waals surface area contributed by atoms with Crippen LogP contribution in [0.25, 0.3) is 0 Å². The molecule has 0 bridgehead atoms. The molecule has 6 heteroatoms. The number of nitrogens with one attached hydrogen (secondary N) is 1. The fourth-order valence-corrected chi connectivity index (χ4v) is 4.70. The van der Waals surface area contributed by atoms with Crippen molar-refractivity contribution in [2.24, 2.45) is 0 Å². The molecule has 1 aliphatic heterocycles. The minimum absolute atomic E-state index is 0.235. The predicted molar refractivity (Wildman–Crippen MR) is 117 cm³/mol. The molecular formula is C23H30N2O3S. The molecule has 2 heterocycles. The van der Waals surface area contributed by atoms with E-state index in [1.165, 1.54) is 9.75 Å². The highest BCUT2D eigenvalue weighted by molar-refractivity contribution is 7.11. The van der Waals surface area contributed by atoms with Crippen molar-refractivity contribution in [3.05, 3.63) is 51.7 Å². The molecule has 156 valence electrons. The highest BCUT2D eigenvalue weighted by Crippen LogP contribution is 2.28. The van der Waals surface area contributed by atoms with Crippen LogP contribution < -0.4 is 10.2 Å². The van der Waals surface area contributed by atoms with Gasteiger partial charge in [0.1, 0.15) is 6.04 Å². The molecule has 1 aromatic heterocycles. The molecule has 0 radical (unpaired) electrons. The van der Waals surface area contributed by atoms with Crippen LogP contribution in [0.3, 0.4) is 0 Å². The maximum absolute atomic E-state index is 12.4. The minimum atomic E-state index is -0.491. The van der Waals surface area contributed by atoms with Crippen LogP contribution in [-0.4, -0.2) is 23.1 Å². The molecule has 1 aliphatic rings. The number of benzene rings is 1. The first kappa shape index (κ1) is 21.5. The van der Waals surface area contributed by atoms with E-state index < -0.39 is 12.1 Å². The lowest BCUT2D eigenvalue weighted by Gasteiger charge is -2.22. The summed E-state index contributed by atoms with van der Waals surface area (Å²) in [4.78, 5) is 28.8. The molecule has 1 saturated heterocycles. The second-order valence-electron chi connectivity index (χ2n) is 7.69. The van der Waals surface area contributed by atoms with Gasteiger partial charge in [-0.15, -0.1) is 11.3 Å². The monoisotopic (exact) mass is 414 g/mol. The third-order valence-corrected chi connectivity index (χ3v) is 6.46. The number of aryl methyl sites for hydroxylation is 2. The zero-order chi connectivity index (χ0) is 20.8. The lowest BCUT2D eigenvalue weighted by molar-refractivity contribution is -0.120. The normalized spacial score (nSPS) is 17.6. The molecule has 0 spiro atoms. The molecular weight excluding hydrogens is 384 g/mol. The van der Waals surface area contributed by atoms with Gasteiger partial charge in [-0.05, 0) is 62.4 Å². The fraction of sp³-hybridized carbons (Fsp3) is 0.478. The van der Waals surface area contributed by atoms with Crippen LogP contribution >= 0.6 is 11.3 Å². The highest BCUT2D eigenvalue weighted by Gasteiger charge is 2.38. The molecule has 0 aliphatic carbocycles. The summed E-state index contributed by atoms with van der Waals surface area (Å²) >= 11 is 1.78. The SMILES string of the molecule is CCCCCC(O)c1ccc(N2C(=O)NC(=O)C2CCCc2ccc(C)s2)cc1. The van der Waals surface area contributed by atoms with E-state index >= 15 is 0 Å². The first-order valence-electron chi connectivity index (χ1n) is 10.5. The lowest BCUT2D eigenvalue weighted by Crippen LogP contribution is -2.35. The van der Waals surface area contributed by atoms with Gasteiger partial charge in [0.15, 0.2) is 0 Å². The molecule has 2 N–H and O–H groups in total. The first-order chi connectivity index (χ1) is 14.0. The van der Waals surface area contributed by atoms with E-state index in [1.54, 1.807) is 16.2 Å². The van der Waals surface area contributed by atoms with Crippen LogP contribution in [-0.2, 0) is 11.2 Å². The van der Waals surface area contributed by atoms with E-state index in [-0.39, 0.29) is 11.9 Å². The lowest BCUT2D eigenvalue weighted by atomic mass is 10.0. The molecule has 1 fully saturated rings. The van der Waals surface area contributed by atoms with Gasteiger partial charge in [0, 0.05) is 15.4 Å². The van der Waals surface area contributed by atoms with E-state index in [9.17, 15) is 14.7 Å². The Morgan fingerprint density at radius 3 is 2.52 bits per heavy atom. The Kier molecular flexibility index (Phi) is 7.45. The van der Waals surface area contributed by atoms with E-state index in [0.717, 1.165) is 44.1 Å². The van der Waals surface area contributed by atoms with Gasteiger partial charge in [-0.2, -0.15) is 0 Å². The number of carbonyl (C=O) groups excluding carboxylic acids is 2. The number of unbranched alkanes of at least 4 members (excludes halogenated alkanes) is 2. The van der Waals surface area contributed by atoms with Crippen molar-refractivity contribution in [3.8, 4) is 0 Å². The van der Waals surface area contributed by atoms with Crippen molar-refractivity contribution >= 4 is 29.0 Å². The predicted octanol–water partition coefficient (Wildman–Crippen LogP) is 5.12. The van der Waals surface area contributed by atoms with Crippen LogP contribution in [0.1, 0.15) is 66.9 Å². The van der Waals surface area contributed by atoms with Crippen molar-refractivity contribution in [3.63, 3.8) is 0 Å². The van der Waals surface area contributed by atoms with Crippen molar-refractivity contribution in [2.75, 3.05) is 4.90 Å². The van der Waals surface area contributed by atoms with E-state index in [2.05, 4.69) is 31.3 Å². The zero-order valence-electron chi connectivity index (χ0n) is 17.2. The van der Waals surface area contributed by atoms with E-state index in [4.69, 9.17) is 0 Å². The number of nitrogens with zero attached hydrogens (tertiary/aromatic N) is 1. The molecule has 2 aromatic rings. The van der Waals surface area contributed by atoms with Gasteiger partial charge >= 0.3 is 6.03 Å². The zero-order valence-corrected chi connectivity index (χ0v) is 18.0. The fourth-order valence-electron chi connectivity index (χ4n) is 3.77. The van der Waals surface area contributed by atoms with Gasteiger partial charge in [-0.1, -0.05) is 38.3 Å². The summed E-state index contributed by atoms with van der Waals surface area (Å²) in [5.74, 6) is -0.235. The standard InChI is InChI=1S/C23H30N2O3S/c1-3-4-5-9-21(26)17-11-13-18(14-12-17)25-20(22(27)24-23(25)28)8-6-7-19-15-10-16(2)29-19/h10-15,20-21,26H,3-9H2,1-2H3,(H,24,27,28). The first-order valence-corrected chi connectivity index (χ1v) is 11.3. The average Bonchev–Trinajstić information content (AvgIpc) is 3.24. The molecule has 5 nitrogen and oxygen atoms in total. The van der Waals surface area contributed by atoms with Crippen LogP contribution in [0.5, 0.6) is 0 Å². The molecule has 1 aromatic carbocycles. The van der Waals surface area contributed by atoms with E-state index in [1.807, 2.05) is 24.3 Å². The topological polar surface area (TPSA) is 69.6 Å². The highest BCUT2D eigenvalue weighted by atomic mass is 32.1. The number of hydrogen-bond donors (Lipinski definition) is 2. The van der Waals surface area contributed by atoms with Crippen LogP contribution in [0.2, 0.25) is 0 Å². The van der Waals surface area contributed by atoms with Crippen LogP contribution in [0, 0.1) is 6.92 Å². The number of rotatable bonds is 10. The summed E-state index contributed by atoms with van der Waals surface area (Å²) in [5, 5.41) is 12.8. The Bertz CT molecular complexity index is 831. The molecule has 0 saturated carbocycles. The maximum atomic E-state index is 12.4. The summed E-state index contributed by atoms with van der Waals surface area (Å²) < 4.78 is 0. The number of carbonyl (C=O) groups is 2. The summed E-state index contributed by atoms with van der Waals surface area (Å²) in [6.07, 6.45) is 5.85. The Morgan fingerprint density at radius 1 is 1.10 bits per heavy atom. The molecule has 2 atom stereocenters. The number of urea groups is 1.